The predicted molar refractivity (Wildman–Crippen MR) is 87.1 cm³/mol. The lowest BCUT2D eigenvalue weighted by Crippen LogP contribution is -2.49. The third kappa shape index (κ3) is 4.43. The van der Waals surface area contributed by atoms with Gasteiger partial charge in [-0.2, -0.15) is 0 Å². The Labute approximate surface area is 128 Å². The molecule has 21 heavy (non-hydrogen) atoms. The summed E-state index contributed by atoms with van der Waals surface area (Å²) in [6.07, 6.45) is -0.378. The number of ether oxygens (including phenoxy) is 1. The molecule has 0 radical (unpaired) electrons. The van der Waals surface area contributed by atoms with Gasteiger partial charge in [0.25, 0.3) is 0 Å². The first kappa shape index (κ1) is 16.3. The van der Waals surface area contributed by atoms with Crippen molar-refractivity contribution in [2.75, 3.05) is 50.8 Å². The normalized spacial score (nSPS) is 18.0. The summed E-state index contributed by atoms with van der Waals surface area (Å²) in [5.74, 6) is 0. The second-order valence-corrected chi connectivity index (χ2v) is 5.84. The molecule has 0 amide bonds. The summed E-state index contributed by atoms with van der Waals surface area (Å²) in [5.41, 5.74) is 4.08. The monoisotopic (exact) mass is 292 g/mol. The molecule has 2 rings (SSSR count). The lowest BCUT2D eigenvalue weighted by molar-refractivity contribution is 0.0202. The molecule has 4 heteroatoms. The molecule has 1 aromatic carbocycles. The van der Waals surface area contributed by atoms with Gasteiger partial charge in [0.15, 0.2) is 0 Å². The molecule has 0 aromatic heterocycles. The third-order valence-corrected chi connectivity index (χ3v) is 4.11. The van der Waals surface area contributed by atoms with Crippen LogP contribution in [-0.2, 0) is 4.74 Å². The molecule has 118 valence electrons. The maximum absolute atomic E-state index is 9.92. The van der Waals surface area contributed by atoms with E-state index in [2.05, 4.69) is 41.8 Å². The van der Waals surface area contributed by atoms with Crippen LogP contribution in [0.25, 0.3) is 0 Å². The van der Waals surface area contributed by atoms with Crippen LogP contribution in [0.1, 0.15) is 18.1 Å². The number of aliphatic hydroxyl groups is 1. The molecular formula is C17H28N2O2. The van der Waals surface area contributed by atoms with Gasteiger partial charge in [0.05, 0.1) is 12.7 Å². The first-order valence-corrected chi connectivity index (χ1v) is 7.91. The molecule has 1 unspecified atom stereocenters. The fourth-order valence-corrected chi connectivity index (χ4v) is 3.06. The SMILES string of the molecule is CCOCC(O)CN1CCN(c2c(C)cccc2C)CC1. The number of hydrogen-bond donors (Lipinski definition) is 1. The van der Waals surface area contributed by atoms with Crippen LogP contribution in [-0.4, -0.2) is 62.0 Å². The number of nitrogens with zero attached hydrogens (tertiary/aromatic N) is 2. The van der Waals surface area contributed by atoms with Crippen molar-refractivity contribution in [3.05, 3.63) is 29.3 Å². The summed E-state index contributed by atoms with van der Waals surface area (Å²) in [7, 11) is 0. The zero-order valence-electron chi connectivity index (χ0n) is 13.5. The lowest BCUT2D eigenvalue weighted by Gasteiger charge is -2.38. The summed E-state index contributed by atoms with van der Waals surface area (Å²) in [4.78, 5) is 4.80. The fourth-order valence-electron chi connectivity index (χ4n) is 3.06. The van der Waals surface area contributed by atoms with Crippen LogP contribution >= 0.6 is 0 Å². The molecule has 1 aromatic rings. The number of anilines is 1. The molecule has 1 aliphatic rings. The standard InChI is InChI=1S/C17H28N2O2/c1-4-21-13-16(20)12-18-8-10-19(11-9-18)17-14(2)6-5-7-15(17)3/h5-7,16,20H,4,8-13H2,1-3H3. The van der Waals surface area contributed by atoms with Gasteiger partial charge in [0, 0.05) is 45.0 Å². The summed E-state index contributed by atoms with van der Waals surface area (Å²) in [6, 6.07) is 6.48. The number of hydrogen-bond acceptors (Lipinski definition) is 4. The van der Waals surface area contributed by atoms with Gasteiger partial charge in [0.1, 0.15) is 0 Å². The maximum Gasteiger partial charge on any atom is 0.0900 e. The number of aliphatic hydroxyl groups excluding tert-OH is 1. The molecule has 4 nitrogen and oxygen atoms in total. The number of para-hydroxylation sites is 1. The average molecular weight is 292 g/mol. The quantitative estimate of drug-likeness (QED) is 0.867. The predicted octanol–water partition coefficient (Wildman–Crippen LogP) is 1.82. The Kier molecular flexibility index (Phi) is 6.03. The van der Waals surface area contributed by atoms with E-state index in [4.69, 9.17) is 4.74 Å². The van der Waals surface area contributed by atoms with Crippen LogP contribution in [0.15, 0.2) is 18.2 Å². The van der Waals surface area contributed by atoms with E-state index in [-0.39, 0.29) is 6.10 Å². The summed E-state index contributed by atoms with van der Waals surface area (Å²) < 4.78 is 5.27. The molecule has 1 saturated heterocycles. The van der Waals surface area contributed by atoms with E-state index in [1.165, 1.54) is 16.8 Å². The Hall–Kier alpha value is -1.10. The van der Waals surface area contributed by atoms with Crippen LogP contribution in [0.4, 0.5) is 5.69 Å². The Balaban J connectivity index is 1.86. The summed E-state index contributed by atoms with van der Waals surface area (Å²) >= 11 is 0. The second kappa shape index (κ2) is 7.78. The summed E-state index contributed by atoms with van der Waals surface area (Å²) in [6.45, 7) is 12.2. The minimum Gasteiger partial charge on any atom is -0.389 e. The van der Waals surface area contributed by atoms with Crippen molar-refractivity contribution < 1.29 is 9.84 Å². The Morgan fingerprint density at radius 3 is 2.33 bits per heavy atom. The van der Waals surface area contributed by atoms with E-state index in [0.29, 0.717) is 19.8 Å². The minimum atomic E-state index is -0.378. The van der Waals surface area contributed by atoms with Gasteiger partial charge in [-0.05, 0) is 31.9 Å². The molecular weight excluding hydrogens is 264 g/mol. The molecule has 1 aliphatic heterocycles. The van der Waals surface area contributed by atoms with Crippen molar-refractivity contribution in [2.45, 2.75) is 26.9 Å². The molecule has 0 aliphatic carbocycles. The first-order valence-electron chi connectivity index (χ1n) is 7.91. The zero-order chi connectivity index (χ0) is 15.2. The highest BCUT2D eigenvalue weighted by atomic mass is 16.5. The number of piperazine rings is 1. The molecule has 0 bridgehead atoms. The molecule has 1 fully saturated rings. The summed E-state index contributed by atoms with van der Waals surface area (Å²) in [5, 5.41) is 9.92. The number of benzene rings is 1. The van der Waals surface area contributed by atoms with Crippen LogP contribution in [0.2, 0.25) is 0 Å². The van der Waals surface area contributed by atoms with Crippen LogP contribution in [0, 0.1) is 13.8 Å². The topological polar surface area (TPSA) is 35.9 Å². The molecule has 1 atom stereocenters. The highest BCUT2D eigenvalue weighted by Gasteiger charge is 2.21. The van der Waals surface area contributed by atoms with Gasteiger partial charge >= 0.3 is 0 Å². The van der Waals surface area contributed by atoms with Crippen molar-refractivity contribution in [3.8, 4) is 0 Å². The smallest absolute Gasteiger partial charge is 0.0900 e. The van der Waals surface area contributed by atoms with Gasteiger partial charge in [-0.15, -0.1) is 0 Å². The van der Waals surface area contributed by atoms with Gasteiger partial charge in [-0.25, -0.2) is 0 Å². The van der Waals surface area contributed by atoms with E-state index in [0.717, 1.165) is 26.2 Å². The Bertz CT molecular complexity index is 422. The Morgan fingerprint density at radius 1 is 1.14 bits per heavy atom. The van der Waals surface area contributed by atoms with Crippen molar-refractivity contribution in [3.63, 3.8) is 0 Å². The average Bonchev–Trinajstić information content (AvgIpc) is 2.46. The molecule has 0 saturated carbocycles. The van der Waals surface area contributed by atoms with Crippen molar-refractivity contribution in [1.29, 1.82) is 0 Å². The van der Waals surface area contributed by atoms with Crippen molar-refractivity contribution >= 4 is 5.69 Å². The highest BCUT2D eigenvalue weighted by molar-refractivity contribution is 5.59. The van der Waals surface area contributed by atoms with Gasteiger partial charge in [-0.1, -0.05) is 18.2 Å². The zero-order valence-corrected chi connectivity index (χ0v) is 13.5. The van der Waals surface area contributed by atoms with Gasteiger partial charge < -0.3 is 14.7 Å². The van der Waals surface area contributed by atoms with E-state index < -0.39 is 0 Å². The highest BCUT2D eigenvalue weighted by Crippen LogP contribution is 2.25. The van der Waals surface area contributed by atoms with E-state index >= 15 is 0 Å². The first-order chi connectivity index (χ1) is 10.1. The Morgan fingerprint density at radius 2 is 1.76 bits per heavy atom. The van der Waals surface area contributed by atoms with Crippen molar-refractivity contribution in [1.82, 2.24) is 4.90 Å². The van der Waals surface area contributed by atoms with Crippen LogP contribution in [0.5, 0.6) is 0 Å². The van der Waals surface area contributed by atoms with E-state index in [1.807, 2.05) is 6.92 Å². The number of aryl methyl sites for hydroxylation is 2. The number of rotatable bonds is 6. The maximum atomic E-state index is 9.92. The van der Waals surface area contributed by atoms with Crippen LogP contribution in [0.3, 0.4) is 0 Å². The minimum absolute atomic E-state index is 0.378. The van der Waals surface area contributed by atoms with Gasteiger partial charge in [0.2, 0.25) is 0 Å². The number of β-amino-alcohol motifs (C(OH)–C–C–N with tert-alkyl or cyclic N) is 1. The van der Waals surface area contributed by atoms with Crippen LogP contribution < -0.4 is 4.90 Å². The molecule has 1 heterocycles. The lowest BCUT2D eigenvalue weighted by atomic mass is 10.1. The van der Waals surface area contributed by atoms with E-state index in [1.54, 1.807) is 0 Å². The van der Waals surface area contributed by atoms with Gasteiger partial charge in [-0.3, -0.25) is 4.90 Å². The van der Waals surface area contributed by atoms with Crippen molar-refractivity contribution in [2.24, 2.45) is 0 Å². The molecule has 1 N–H and O–H groups in total. The third-order valence-electron chi connectivity index (χ3n) is 4.11. The molecule has 0 spiro atoms. The second-order valence-electron chi connectivity index (χ2n) is 5.84. The van der Waals surface area contributed by atoms with E-state index in [9.17, 15) is 5.11 Å². The fraction of sp³-hybridized carbons (Fsp3) is 0.647. The largest absolute Gasteiger partial charge is 0.389 e.